The molecule has 1 atom stereocenters. The number of hydrogen-bond donors (Lipinski definition) is 0. The molecular formula is C10H14N4. The number of nitrogens with zero attached hydrogens (tertiary/aromatic N) is 4. The Balaban J connectivity index is 2.25. The van der Waals surface area contributed by atoms with E-state index in [1.165, 1.54) is 5.56 Å². The summed E-state index contributed by atoms with van der Waals surface area (Å²) in [5.74, 6) is 0. The molecule has 0 radical (unpaired) electrons. The molecular weight excluding hydrogens is 176 g/mol. The van der Waals surface area contributed by atoms with E-state index in [2.05, 4.69) is 21.1 Å². The van der Waals surface area contributed by atoms with Gasteiger partial charge in [-0.05, 0) is 36.4 Å². The molecule has 0 aliphatic rings. The lowest BCUT2D eigenvalue weighted by molar-refractivity contribution is 0.621. The second kappa shape index (κ2) is 6.00. The number of aryl methyl sites for hydroxylation is 1. The van der Waals surface area contributed by atoms with Gasteiger partial charge in [-0.25, -0.2) is 0 Å². The average Bonchev–Trinajstić information content (AvgIpc) is 2.20. The topological polar surface area (TPSA) is 61.7 Å². The molecule has 74 valence electrons. The summed E-state index contributed by atoms with van der Waals surface area (Å²) < 4.78 is 0. The molecule has 1 unspecified atom stereocenters. The highest BCUT2D eigenvalue weighted by molar-refractivity contribution is 5.08. The first-order valence-electron chi connectivity index (χ1n) is 4.76. The Morgan fingerprint density at radius 2 is 2.50 bits per heavy atom. The third kappa shape index (κ3) is 3.92. The second-order valence-electron chi connectivity index (χ2n) is 3.31. The smallest absolute Gasteiger partial charge is 0.0345 e. The van der Waals surface area contributed by atoms with Crippen molar-refractivity contribution in [2.75, 3.05) is 0 Å². The van der Waals surface area contributed by atoms with Crippen LogP contribution in [0.15, 0.2) is 29.6 Å². The van der Waals surface area contributed by atoms with Crippen LogP contribution in [0.3, 0.4) is 0 Å². The number of hydrogen-bond acceptors (Lipinski definition) is 2. The zero-order chi connectivity index (χ0) is 10.2. The molecule has 0 spiro atoms. The third-order valence-corrected chi connectivity index (χ3v) is 2.06. The van der Waals surface area contributed by atoms with E-state index in [0.717, 1.165) is 19.3 Å². The molecule has 0 fully saturated rings. The molecule has 4 heteroatoms. The minimum Gasteiger partial charge on any atom is -0.264 e. The molecule has 0 aliphatic carbocycles. The SMILES string of the molecule is CC(CCCc1cccnc1)N=[N+]=[N-]. The summed E-state index contributed by atoms with van der Waals surface area (Å²) in [6.07, 6.45) is 6.61. The lowest BCUT2D eigenvalue weighted by atomic mass is 10.1. The van der Waals surface area contributed by atoms with Crippen LogP contribution in [-0.4, -0.2) is 11.0 Å². The van der Waals surface area contributed by atoms with E-state index in [0.29, 0.717) is 0 Å². The number of aromatic nitrogens is 1. The second-order valence-corrected chi connectivity index (χ2v) is 3.31. The Labute approximate surface area is 83.6 Å². The van der Waals surface area contributed by atoms with E-state index in [9.17, 15) is 0 Å². The van der Waals surface area contributed by atoms with E-state index >= 15 is 0 Å². The maximum absolute atomic E-state index is 8.20. The Morgan fingerprint density at radius 3 is 3.14 bits per heavy atom. The molecule has 14 heavy (non-hydrogen) atoms. The fourth-order valence-electron chi connectivity index (χ4n) is 1.29. The molecule has 1 heterocycles. The maximum atomic E-state index is 8.20. The van der Waals surface area contributed by atoms with Gasteiger partial charge in [0.05, 0.1) is 0 Å². The van der Waals surface area contributed by atoms with Crippen LogP contribution in [0.25, 0.3) is 10.4 Å². The number of rotatable bonds is 5. The van der Waals surface area contributed by atoms with E-state index in [-0.39, 0.29) is 6.04 Å². The fraction of sp³-hybridized carbons (Fsp3) is 0.500. The summed E-state index contributed by atoms with van der Waals surface area (Å²) in [6.45, 7) is 1.93. The van der Waals surface area contributed by atoms with Crippen LogP contribution in [0.2, 0.25) is 0 Å². The number of azide groups is 1. The highest BCUT2D eigenvalue weighted by Crippen LogP contribution is 2.07. The molecule has 0 aliphatic heterocycles. The lowest BCUT2D eigenvalue weighted by Crippen LogP contribution is -1.97. The van der Waals surface area contributed by atoms with Crippen molar-refractivity contribution in [3.8, 4) is 0 Å². The van der Waals surface area contributed by atoms with Gasteiger partial charge in [-0.1, -0.05) is 18.1 Å². The summed E-state index contributed by atoms with van der Waals surface area (Å²) in [6, 6.07) is 4.09. The zero-order valence-corrected chi connectivity index (χ0v) is 8.30. The highest BCUT2D eigenvalue weighted by Gasteiger charge is 1.98. The molecule has 1 aromatic heterocycles. The molecule has 0 saturated heterocycles. The van der Waals surface area contributed by atoms with E-state index in [1.807, 2.05) is 19.2 Å². The van der Waals surface area contributed by atoms with Gasteiger partial charge in [-0.2, -0.15) is 0 Å². The minimum absolute atomic E-state index is 0.0941. The van der Waals surface area contributed by atoms with Gasteiger partial charge >= 0.3 is 0 Å². The van der Waals surface area contributed by atoms with E-state index < -0.39 is 0 Å². The summed E-state index contributed by atoms with van der Waals surface area (Å²) >= 11 is 0. The number of pyridine rings is 1. The van der Waals surface area contributed by atoms with Crippen LogP contribution in [0, 0.1) is 0 Å². The van der Waals surface area contributed by atoms with E-state index in [1.54, 1.807) is 6.20 Å². The largest absolute Gasteiger partial charge is 0.264 e. The zero-order valence-electron chi connectivity index (χ0n) is 8.30. The maximum Gasteiger partial charge on any atom is 0.0345 e. The summed E-state index contributed by atoms with van der Waals surface area (Å²) in [5.41, 5.74) is 9.44. The minimum atomic E-state index is 0.0941. The van der Waals surface area contributed by atoms with Gasteiger partial charge in [0.1, 0.15) is 0 Å². The first-order chi connectivity index (χ1) is 6.83. The molecule has 0 N–H and O–H groups in total. The standard InChI is InChI=1S/C10H14N4/c1-9(13-14-11)4-2-5-10-6-3-7-12-8-10/h3,6-9H,2,4-5H2,1H3. The molecule has 0 aromatic carbocycles. The van der Waals surface area contributed by atoms with Gasteiger partial charge in [0.25, 0.3) is 0 Å². The Hall–Kier alpha value is -1.54. The van der Waals surface area contributed by atoms with Crippen molar-refractivity contribution in [3.63, 3.8) is 0 Å². The third-order valence-electron chi connectivity index (χ3n) is 2.06. The van der Waals surface area contributed by atoms with Gasteiger partial charge in [0.15, 0.2) is 0 Å². The van der Waals surface area contributed by atoms with Gasteiger partial charge in [-0.15, -0.1) is 0 Å². The van der Waals surface area contributed by atoms with Crippen molar-refractivity contribution in [2.24, 2.45) is 5.11 Å². The van der Waals surface area contributed by atoms with Crippen molar-refractivity contribution in [1.29, 1.82) is 0 Å². The van der Waals surface area contributed by atoms with Crippen molar-refractivity contribution in [3.05, 3.63) is 40.5 Å². The first-order valence-corrected chi connectivity index (χ1v) is 4.76. The molecule has 4 nitrogen and oxygen atoms in total. The molecule has 0 amide bonds. The van der Waals surface area contributed by atoms with Crippen LogP contribution in [0.5, 0.6) is 0 Å². The van der Waals surface area contributed by atoms with Crippen LogP contribution in [0.4, 0.5) is 0 Å². The van der Waals surface area contributed by atoms with Crippen molar-refractivity contribution >= 4 is 0 Å². The Kier molecular flexibility index (Phi) is 4.51. The fourth-order valence-corrected chi connectivity index (χ4v) is 1.29. The summed E-state index contributed by atoms with van der Waals surface area (Å²) in [7, 11) is 0. The molecule has 1 rings (SSSR count). The highest BCUT2D eigenvalue weighted by atomic mass is 15.1. The van der Waals surface area contributed by atoms with Gasteiger partial charge in [0, 0.05) is 23.3 Å². The van der Waals surface area contributed by atoms with E-state index in [4.69, 9.17) is 5.53 Å². The molecule has 0 bridgehead atoms. The van der Waals surface area contributed by atoms with Crippen LogP contribution >= 0.6 is 0 Å². The van der Waals surface area contributed by atoms with Crippen LogP contribution < -0.4 is 0 Å². The summed E-state index contributed by atoms with van der Waals surface area (Å²) in [4.78, 5) is 6.81. The van der Waals surface area contributed by atoms with Crippen molar-refractivity contribution < 1.29 is 0 Å². The van der Waals surface area contributed by atoms with Crippen LogP contribution in [0.1, 0.15) is 25.3 Å². The monoisotopic (exact) mass is 190 g/mol. The summed E-state index contributed by atoms with van der Waals surface area (Å²) in [5, 5.41) is 3.62. The first kappa shape index (κ1) is 10.5. The molecule has 0 saturated carbocycles. The van der Waals surface area contributed by atoms with Crippen LogP contribution in [-0.2, 0) is 6.42 Å². The normalized spacial score (nSPS) is 11.8. The predicted octanol–water partition coefficient (Wildman–Crippen LogP) is 3.10. The van der Waals surface area contributed by atoms with Crippen molar-refractivity contribution in [1.82, 2.24) is 4.98 Å². The molecule has 1 aromatic rings. The quantitative estimate of drug-likeness (QED) is 0.399. The predicted molar refractivity (Wildman–Crippen MR) is 55.8 cm³/mol. The Morgan fingerprint density at radius 1 is 1.64 bits per heavy atom. The van der Waals surface area contributed by atoms with Gasteiger partial charge in [-0.3, -0.25) is 4.98 Å². The van der Waals surface area contributed by atoms with Gasteiger partial charge < -0.3 is 0 Å². The Bertz CT molecular complexity index is 303. The van der Waals surface area contributed by atoms with Gasteiger partial charge in [0.2, 0.25) is 0 Å². The average molecular weight is 190 g/mol. The van der Waals surface area contributed by atoms with Crippen molar-refractivity contribution in [2.45, 2.75) is 32.2 Å². The lowest BCUT2D eigenvalue weighted by Gasteiger charge is -2.03.